The molecule has 2 atom stereocenters. The molecule has 0 saturated heterocycles. The lowest BCUT2D eigenvalue weighted by atomic mass is 9.99. The van der Waals surface area contributed by atoms with Gasteiger partial charge in [0.05, 0.1) is 10.4 Å². The van der Waals surface area contributed by atoms with Gasteiger partial charge in [0, 0.05) is 17.8 Å². The van der Waals surface area contributed by atoms with Gasteiger partial charge in [0.25, 0.3) is 0 Å². The molecule has 2 unspecified atom stereocenters. The summed E-state index contributed by atoms with van der Waals surface area (Å²) in [5.74, 6) is 0.765. The van der Waals surface area contributed by atoms with Gasteiger partial charge in [-0.25, -0.2) is 4.99 Å². The molecule has 0 aliphatic carbocycles. The summed E-state index contributed by atoms with van der Waals surface area (Å²) in [4.78, 5) is 9.89. The van der Waals surface area contributed by atoms with E-state index in [4.69, 9.17) is 21.0 Å². The highest BCUT2D eigenvalue weighted by Crippen LogP contribution is 2.34. The summed E-state index contributed by atoms with van der Waals surface area (Å²) in [5.41, 5.74) is 9.92. The van der Waals surface area contributed by atoms with Crippen LogP contribution in [-0.4, -0.2) is 10.8 Å². The molecule has 2 aromatic heterocycles. The molecular weight excluding hydrogens is 564 g/mol. The molecule has 0 amide bonds. The smallest absolute Gasteiger partial charge is 0.155 e. The Kier molecular flexibility index (Phi) is 6.67. The van der Waals surface area contributed by atoms with E-state index in [0.717, 1.165) is 44.6 Å². The van der Waals surface area contributed by atoms with E-state index in [1.54, 1.807) is 12.3 Å². The molecule has 0 radical (unpaired) electrons. The number of aromatic nitrogens is 1. The van der Waals surface area contributed by atoms with Crippen LogP contribution in [0.25, 0.3) is 44.3 Å². The van der Waals surface area contributed by atoms with Gasteiger partial charge >= 0.3 is 0 Å². The van der Waals surface area contributed by atoms with Crippen molar-refractivity contribution in [1.29, 1.82) is 0 Å². The number of benzene rings is 5. The second kappa shape index (κ2) is 11.1. The average molecular weight is 591 g/mol. The molecule has 44 heavy (non-hydrogen) atoms. The van der Waals surface area contributed by atoms with Crippen LogP contribution in [0.5, 0.6) is 0 Å². The number of hydrogen-bond acceptors (Lipinski definition) is 5. The molecule has 7 aromatic rings. The van der Waals surface area contributed by atoms with Crippen molar-refractivity contribution in [3.8, 4) is 22.3 Å². The minimum Gasteiger partial charge on any atom is -0.454 e. The number of aliphatic imine (C=N–C) groups is 1. The Morgan fingerprint density at radius 3 is 2.07 bits per heavy atom. The predicted octanol–water partition coefficient (Wildman–Crippen LogP) is 9.31. The second-order valence-corrected chi connectivity index (χ2v) is 11.3. The van der Waals surface area contributed by atoms with Gasteiger partial charge in [-0.05, 0) is 45.5 Å². The van der Waals surface area contributed by atoms with Crippen molar-refractivity contribution >= 4 is 39.5 Å². The SMILES string of the molecule is Clc1cnc2c(c1)oc1cccc(C3=NC(c4cccc(-c5ccccc5)c4)NC(c4ccc(-c5ccccc5)cc4)N3)c12. The highest BCUT2D eigenvalue weighted by Gasteiger charge is 2.27. The number of amidine groups is 1. The van der Waals surface area contributed by atoms with Crippen molar-refractivity contribution < 1.29 is 4.42 Å². The first-order valence-electron chi connectivity index (χ1n) is 14.6. The summed E-state index contributed by atoms with van der Waals surface area (Å²) >= 11 is 6.25. The van der Waals surface area contributed by atoms with Gasteiger partial charge < -0.3 is 9.73 Å². The first kappa shape index (κ1) is 26.4. The van der Waals surface area contributed by atoms with E-state index in [9.17, 15) is 0 Å². The zero-order valence-electron chi connectivity index (χ0n) is 23.6. The lowest BCUT2D eigenvalue weighted by Crippen LogP contribution is -2.45. The summed E-state index contributed by atoms with van der Waals surface area (Å²) in [5, 5.41) is 8.89. The van der Waals surface area contributed by atoms with E-state index in [0.29, 0.717) is 10.6 Å². The van der Waals surface area contributed by atoms with Crippen LogP contribution in [0, 0.1) is 0 Å². The molecule has 1 aliphatic heterocycles. The molecule has 5 nitrogen and oxygen atoms in total. The predicted molar refractivity (Wildman–Crippen MR) is 179 cm³/mol. The maximum Gasteiger partial charge on any atom is 0.155 e. The van der Waals surface area contributed by atoms with E-state index in [1.165, 1.54) is 16.7 Å². The minimum absolute atomic E-state index is 0.200. The Hall–Kier alpha value is -5.23. The Balaban J connectivity index is 1.24. The van der Waals surface area contributed by atoms with Gasteiger partial charge in [-0.15, -0.1) is 0 Å². The monoisotopic (exact) mass is 590 g/mol. The number of halogens is 1. The summed E-state index contributed by atoms with van der Waals surface area (Å²) in [6.07, 6.45) is 1.15. The van der Waals surface area contributed by atoms with Gasteiger partial charge in [-0.2, -0.15) is 0 Å². The molecule has 0 bridgehead atoms. The zero-order chi connectivity index (χ0) is 29.5. The van der Waals surface area contributed by atoms with Crippen molar-refractivity contribution in [2.45, 2.75) is 12.3 Å². The molecule has 0 fully saturated rings. The fourth-order valence-corrected chi connectivity index (χ4v) is 6.07. The lowest BCUT2D eigenvalue weighted by Gasteiger charge is -2.32. The zero-order valence-corrected chi connectivity index (χ0v) is 24.4. The maximum absolute atomic E-state index is 6.25. The summed E-state index contributed by atoms with van der Waals surface area (Å²) < 4.78 is 6.16. The third-order valence-electron chi connectivity index (χ3n) is 8.08. The highest BCUT2D eigenvalue weighted by molar-refractivity contribution is 6.31. The number of hydrogen-bond donors (Lipinski definition) is 2. The number of fused-ring (bicyclic) bond motifs is 3. The fraction of sp³-hybridized carbons (Fsp3) is 0.0526. The number of nitrogens with one attached hydrogen (secondary N) is 2. The molecular formula is C38H27ClN4O. The largest absolute Gasteiger partial charge is 0.454 e. The average Bonchev–Trinajstić information content (AvgIpc) is 3.47. The summed E-state index contributed by atoms with van der Waals surface area (Å²) in [6, 6.07) is 45.9. The van der Waals surface area contributed by atoms with Crippen molar-refractivity contribution in [2.24, 2.45) is 4.99 Å². The van der Waals surface area contributed by atoms with Crippen molar-refractivity contribution in [1.82, 2.24) is 15.6 Å². The van der Waals surface area contributed by atoms with Gasteiger partial charge in [-0.1, -0.05) is 127 Å². The van der Waals surface area contributed by atoms with Crippen LogP contribution in [0.1, 0.15) is 29.0 Å². The van der Waals surface area contributed by atoms with E-state index in [-0.39, 0.29) is 12.3 Å². The van der Waals surface area contributed by atoms with Gasteiger partial charge in [0.2, 0.25) is 0 Å². The fourth-order valence-electron chi connectivity index (χ4n) is 5.92. The first-order valence-corrected chi connectivity index (χ1v) is 15.0. The molecule has 6 heteroatoms. The standard InChI is InChI=1S/C38H27ClN4O/c39-30-22-33-35(40-23-30)34-31(15-8-16-32(34)44-33)38-42-36(27-19-17-26(18-20-27)24-9-3-1-4-10-24)41-37(43-38)29-14-7-13-28(21-29)25-11-5-2-6-12-25/h1-23,36-37,41H,(H,42,43). The van der Waals surface area contributed by atoms with Crippen molar-refractivity contribution in [3.05, 3.63) is 161 Å². The van der Waals surface area contributed by atoms with Crippen LogP contribution in [0.15, 0.2) is 149 Å². The third-order valence-corrected chi connectivity index (χ3v) is 8.29. The van der Waals surface area contributed by atoms with Crippen LogP contribution in [0.3, 0.4) is 0 Å². The molecule has 212 valence electrons. The van der Waals surface area contributed by atoms with Crippen molar-refractivity contribution in [3.63, 3.8) is 0 Å². The highest BCUT2D eigenvalue weighted by atomic mass is 35.5. The normalized spacial score (nSPS) is 16.5. The van der Waals surface area contributed by atoms with E-state index < -0.39 is 0 Å². The summed E-state index contributed by atoms with van der Waals surface area (Å²) in [7, 11) is 0. The Morgan fingerprint density at radius 1 is 0.614 bits per heavy atom. The number of pyridine rings is 1. The van der Waals surface area contributed by atoms with Crippen molar-refractivity contribution in [2.75, 3.05) is 0 Å². The second-order valence-electron chi connectivity index (χ2n) is 10.9. The van der Waals surface area contributed by atoms with Crippen LogP contribution in [0.2, 0.25) is 5.02 Å². The van der Waals surface area contributed by atoms with Gasteiger partial charge in [0.15, 0.2) is 5.58 Å². The molecule has 5 aromatic carbocycles. The Labute approximate surface area is 259 Å². The molecule has 8 rings (SSSR count). The van der Waals surface area contributed by atoms with Crippen LogP contribution < -0.4 is 10.6 Å². The lowest BCUT2D eigenvalue weighted by molar-refractivity contribution is 0.409. The van der Waals surface area contributed by atoms with Gasteiger partial charge in [0.1, 0.15) is 29.3 Å². The molecule has 2 N–H and O–H groups in total. The third kappa shape index (κ3) is 4.92. The van der Waals surface area contributed by atoms with E-state index >= 15 is 0 Å². The van der Waals surface area contributed by atoms with E-state index in [1.807, 2.05) is 24.3 Å². The topological polar surface area (TPSA) is 62.5 Å². The van der Waals surface area contributed by atoms with Crippen LogP contribution >= 0.6 is 11.6 Å². The Morgan fingerprint density at radius 2 is 1.30 bits per heavy atom. The van der Waals surface area contributed by atoms with Gasteiger partial charge in [-0.3, -0.25) is 10.3 Å². The minimum atomic E-state index is -0.301. The van der Waals surface area contributed by atoms with Crippen LogP contribution in [-0.2, 0) is 0 Å². The number of furan rings is 1. The maximum atomic E-state index is 6.25. The quantitative estimate of drug-likeness (QED) is 0.210. The molecule has 1 aliphatic rings. The Bertz CT molecular complexity index is 2140. The molecule has 0 spiro atoms. The summed E-state index contributed by atoms with van der Waals surface area (Å²) in [6.45, 7) is 0. The first-order chi connectivity index (χ1) is 21.7. The molecule has 3 heterocycles. The molecule has 0 saturated carbocycles. The number of nitrogens with zero attached hydrogens (tertiary/aromatic N) is 2. The van der Waals surface area contributed by atoms with Crippen LogP contribution in [0.4, 0.5) is 0 Å². The van der Waals surface area contributed by atoms with E-state index in [2.05, 4.69) is 119 Å². The number of rotatable bonds is 5.